The fourth-order valence-electron chi connectivity index (χ4n) is 8.70. The van der Waals surface area contributed by atoms with Gasteiger partial charge in [-0.15, -0.1) is 0 Å². The Hall–Kier alpha value is -6.33. The van der Waals surface area contributed by atoms with Gasteiger partial charge in [0.2, 0.25) is 11.8 Å². The largest absolute Gasteiger partial charge is 0.491 e. The van der Waals surface area contributed by atoms with Crippen LogP contribution in [0, 0.1) is 11.8 Å². The van der Waals surface area contributed by atoms with Gasteiger partial charge < -0.3 is 94.5 Å². The number of urea groups is 1. The number of hydrogen-bond donors (Lipinski definition) is 10. The highest BCUT2D eigenvalue weighted by atomic mass is 32.2. The number of hydrogen-bond acceptors (Lipinski definition) is 26. The molecule has 3 aliphatic rings. The van der Waals surface area contributed by atoms with Gasteiger partial charge in [0.1, 0.15) is 49.6 Å². The van der Waals surface area contributed by atoms with E-state index in [0.29, 0.717) is 70.9 Å². The number of Topliss-reactive ketones (excluding diaryl/α,β-unsaturated/α-hetero) is 1. The third-order valence-corrected chi connectivity index (χ3v) is 18.3. The van der Waals surface area contributed by atoms with Crippen LogP contribution < -0.4 is 42.7 Å². The molecule has 93 heavy (non-hydrogen) atoms. The van der Waals surface area contributed by atoms with Gasteiger partial charge in [0, 0.05) is 71.4 Å². The van der Waals surface area contributed by atoms with E-state index in [1.54, 1.807) is 18.2 Å². The molecule has 5 rings (SSSR count). The molecule has 0 spiro atoms. The van der Waals surface area contributed by atoms with E-state index < -0.39 is 85.6 Å². The highest BCUT2D eigenvalue weighted by molar-refractivity contribution is 8.00. The number of nitrogen functional groups attached to an aromatic ring is 1. The lowest BCUT2D eigenvalue weighted by atomic mass is 10.0. The van der Waals surface area contributed by atoms with Crippen molar-refractivity contribution in [1.82, 2.24) is 36.1 Å². The number of nitrogens with zero attached hydrogens (tertiary/aromatic N) is 8. The van der Waals surface area contributed by atoms with Crippen LogP contribution in [-0.4, -0.2) is 212 Å². The number of thioether (sulfide) groups is 1. The fraction of sp³-hybridized carbons (Fsp3) is 0.660. The number of aromatic nitrogens is 2. The second-order valence-electron chi connectivity index (χ2n) is 19.9. The molecule has 0 bridgehead atoms. The predicted octanol–water partition coefficient (Wildman–Crippen LogP) is 1.70. The number of carbonyl (C=O) groups excluding carboxylic acids is 5. The number of ether oxygens (including phenoxy) is 9. The molecule has 0 aliphatic carbocycles. The Kier molecular flexibility index (Phi) is 34.5. The molecule has 0 radical (unpaired) electrons. The molecule has 3 aliphatic heterocycles. The average molecular weight is 1400 g/mol. The molecule has 516 valence electrons. The Morgan fingerprint density at radius 2 is 1.58 bits per heavy atom. The quantitative estimate of drug-likeness (QED) is 0.00857. The summed E-state index contributed by atoms with van der Waals surface area (Å²) in [6.07, 6.45) is -0.0363. The van der Waals surface area contributed by atoms with E-state index in [2.05, 4.69) is 76.6 Å². The predicted molar refractivity (Wildman–Crippen MR) is 323 cm³/mol. The van der Waals surface area contributed by atoms with Crippen LogP contribution in [0.4, 0.5) is 10.6 Å². The first-order valence-corrected chi connectivity index (χ1v) is 34.3. The first-order valence-electron chi connectivity index (χ1n) is 28.8. The summed E-state index contributed by atoms with van der Waals surface area (Å²) in [5.41, 5.74) is 22.9. The zero-order valence-electron chi connectivity index (χ0n) is 50.1. The van der Waals surface area contributed by atoms with E-state index in [9.17, 15) is 52.2 Å². The van der Waals surface area contributed by atoms with Gasteiger partial charge in [0.05, 0.1) is 103 Å². The average Bonchev–Trinajstić information content (AvgIpc) is 1.73. The summed E-state index contributed by atoms with van der Waals surface area (Å²) >= 11 is 1.87. The minimum absolute atomic E-state index is 0.00869. The van der Waals surface area contributed by atoms with Crippen molar-refractivity contribution in [3.05, 3.63) is 73.0 Å². The zero-order chi connectivity index (χ0) is 67.5. The van der Waals surface area contributed by atoms with Gasteiger partial charge in [-0.2, -0.15) is 25.4 Å². The molecule has 1 aromatic heterocycles. The summed E-state index contributed by atoms with van der Waals surface area (Å²) in [5.74, 6) is 5.09. The Balaban J connectivity index is 0.858. The molecule has 1 aromatic carbocycles. The highest BCUT2D eigenvalue weighted by Crippen LogP contribution is 2.66. The number of azide groups is 2. The van der Waals surface area contributed by atoms with Gasteiger partial charge >= 0.3 is 35.2 Å². The van der Waals surface area contributed by atoms with Crippen LogP contribution in [0.3, 0.4) is 0 Å². The number of benzene rings is 1. The smallest absolute Gasteiger partial charge is 0.490 e. The Labute approximate surface area is 535 Å². The maximum Gasteiger partial charge on any atom is 0.490 e. The molecule has 3 saturated heterocycles. The number of unbranched alkanes of at least 4 members (excludes halogenated alkanes) is 1. The van der Waals surface area contributed by atoms with E-state index in [1.807, 2.05) is 11.8 Å². The number of ketones is 1. The number of carbonyl (C=O) groups is 5. The lowest BCUT2D eigenvalue weighted by molar-refractivity contribution is -0.126. The third-order valence-electron chi connectivity index (χ3n) is 12.9. The second kappa shape index (κ2) is 41.5. The maximum absolute atomic E-state index is 12.9. The number of nitrogens with one attached hydrogen (secondary N) is 5. The van der Waals surface area contributed by atoms with Crippen molar-refractivity contribution in [2.45, 2.75) is 93.4 Å². The molecule has 7 unspecified atom stereocenters. The van der Waals surface area contributed by atoms with Gasteiger partial charge in [0.15, 0.2) is 6.23 Å². The second-order valence-corrected chi connectivity index (χ2v) is 25.6. The highest BCUT2D eigenvalue weighted by Gasteiger charge is 2.45. The van der Waals surface area contributed by atoms with Crippen LogP contribution in [0.5, 0.6) is 5.75 Å². The van der Waals surface area contributed by atoms with E-state index >= 15 is 0 Å². The topological polar surface area (TPSA) is 547 Å². The standard InChI is InChI=1S/C50H75N14O25P3S/c51-47-35(28-64(50(70)60-47)45-27-39(85-33-57-62-52)40(87-45)29-86-91(74,75)89-92(76,77)88-90(71,72)73)7-4-13-54-43(67)30-82-24-25-83-44(61-63-53)31-84-37-9-3-6-34(26-37)48(68)56-14-5-8-36(65)12-16-78-18-20-80-22-23-81-21-19-79-17-15-55-42(66)11-2-1-10-41-46-38(32-93-41)58-49(69)59-46/h3,6,9,26,28,38-41,44-46H,1-2,5,8,10-25,27,29-33H2,(H,54,67)(H,55,66)(H,56,68)(H,74,75)(H,76,77)(H2,51,60,70)(H2,58,59,69)(H2,71,72,73)/t38?,39?,40-,41?,44?,45-,46?/m1/s1. The van der Waals surface area contributed by atoms with Crippen LogP contribution in [0.25, 0.3) is 20.9 Å². The monoisotopic (exact) mass is 1400 g/mol. The van der Waals surface area contributed by atoms with Gasteiger partial charge in [-0.3, -0.25) is 28.3 Å². The first-order chi connectivity index (χ1) is 44.5. The van der Waals surface area contributed by atoms with Crippen LogP contribution in [0.15, 0.2) is 45.5 Å². The normalized spacial score (nSPS) is 19.8. The summed E-state index contributed by atoms with van der Waals surface area (Å²) in [6, 6.07) is 6.49. The van der Waals surface area contributed by atoms with Crippen LogP contribution >= 0.6 is 35.2 Å². The summed E-state index contributed by atoms with van der Waals surface area (Å²) in [5, 5.41) is 21.2. The number of anilines is 1. The Morgan fingerprint density at radius 3 is 2.31 bits per heavy atom. The van der Waals surface area contributed by atoms with Crippen molar-refractivity contribution < 1.29 is 113 Å². The van der Waals surface area contributed by atoms with Crippen molar-refractivity contribution in [3.63, 3.8) is 0 Å². The van der Waals surface area contributed by atoms with Gasteiger partial charge in [0.25, 0.3) is 5.91 Å². The lowest BCUT2D eigenvalue weighted by Gasteiger charge is -2.21. The van der Waals surface area contributed by atoms with Crippen molar-refractivity contribution in [3.8, 4) is 17.6 Å². The van der Waals surface area contributed by atoms with Crippen LogP contribution in [0.2, 0.25) is 0 Å². The summed E-state index contributed by atoms with van der Waals surface area (Å²) in [6.45, 7) is 0.616. The van der Waals surface area contributed by atoms with Crippen molar-refractivity contribution >= 4 is 70.6 Å². The van der Waals surface area contributed by atoms with Crippen molar-refractivity contribution in [2.75, 3.05) is 124 Å². The number of fused-ring (bicyclic) bond motifs is 1. The molecule has 4 heterocycles. The third kappa shape index (κ3) is 31.2. The lowest BCUT2D eigenvalue weighted by Crippen LogP contribution is -2.36. The molecule has 5 amide bonds. The molecular formula is C50H75N14O25P3S. The maximum atomic E-state index is 12.9. The number of amides is 5. The number of phosphoric acid groups is 3. The summed E-state index contributed by atoms with van der Waals surface area (Å²) in [4.78, 5) is 120. The summed E-state index contributed by atoms with van der Waals surface area (Å²) in [7, 11) is -17.1. The van der Waals surface area contributed by atoms with Crippen molar-refractivity contribution in [2.24, 2.45) is 10.2 Å². The molecule has 11 N–H and O–H groups in total. The van der Waals surface area contributed by atoms with E-state index in [1.165, 1.54) is 6.07 Å². The van der Waals surface area contributed by atoms with Crippen LogP contribution in [-0.2, 0) is 79.1 Å². The van der Waals surface area contributed by atoms with Crippen molar-refractivity contribution in [1.29, 1.82) is 0 Å². The first kappa shape index (κ1) is 77.4. The zero-order valence-corrected chi connectivity index (χ0v) is 53.6. The molecule has 43 heteroatoms. The SMILES string of the molecule is [N-]=[N+]=NCOC1C[C@H](n2cc(C#CCNC(=O)COCCOC(COc3cccc(C(=O)NCCCC(=O)CCOCCOCCOCCOCCNC(=O)CCCCC4SCC5NC(=O)NC54)c3)N=[N+]=[N-])c(N)nc2=O)O[C@@H]1COP(=O)(O)OP(=O)(O)OP(=O)(O)O. The van der Waals surface area contributed by atoms with Gasteiger partial charge in [-0.05, 0) is 48.5 Å². The minimum atomic E-state index is -5.85. The van der Waals surface area contributed by atoms with Gasteiger partial charge in [-0.25, -0.2) is 23.3 Å². The molecule has 2 aromatic rings. The minimum Gasteiger partial charge on any atom is -0.491 e. The molecule has 3 fully saturated rings. The van der Waals surface area contributed by atoms with Crippen LogP contribution in [0.1, 0.15) is 73.5 Å². The van der Waals surface area contributed by atoms with Gasteiger partial charge in [-0.1, -0.05) is 34.6 Å². The Morgan fingerprint density at radius 1 is 0.849 bits per heavy atom. The molecule has 9 atom stereocenters. The molecule has 0 saturated carbocycles. The fourth-order valence-corrected chi connectivity index (χ4v) is 13.3. The number of phosphoric ester groups is 1. The van der Waals surface area contributed by atoms with E-state index in [-0.39, 0.29) is 111 Å². The summed E-state index contributed by atoms with van der Waals surface area (Å²) < 4.78 is 97.7. The van der Waals surface area contributed by atoms with E-state index in [0.717, 1.165) is 35.8 Å². The number of rotatable bonds is 47. The van der Waals surface area contributed by atoms with E-state index in [4.69, 9.17) is 69.2 Å². The molecular weight excluding hydrogens is 1320 g/mol. The number of nitrogens with two attached hydrogens (primary N) is 1. The Bertz CT molecular complexity index is 3150. The molecule has 39 nitrogen and oxygen atoms in total.